The third-order valence-electron chi connectivity index (χ3n) is 3.37. The lowest BCUT2D eigenvalue weighted by molar-refractivity contribution is -0.383. The minimum absolute atomic E-state index is 0.0633. The van der Waals surface area contributed by atoms with Gasteiger partial charge in [0.15, 0.2) is 0 Å². The summed E-state index contributed by atoms with van der Waals surface area (Å²) in [7, 11) is 0. The van der Waals surface area contributed by atoms with Crippen molar-refractivity contribution in [1.82, 2.24) is 9.97 Å². The monoisotopic (exact) mass is 335 g/mol. The Kier molecular flexibility index (Phi) is 4.54. The molecule has 0 radical (unpaired) electrons. The van der Waals surface area contributed by atoms with Crippen molar-refractivity contribution < 1.29 is 9.66 Å². The standard InChI is InChI=1S/C14H14ClN5O3/c15-10-1-2-13(20(21)22)12(7-10)18-11-8-16-14(17-9-11)19-3-5-23-6-4-19/h1-2,7-9,18H,3-6H2. The van der Waals surface area contributed by atoms with Gasteiger partial charge in [0.25, 0.3) is 5.69 Å². The molecule has 0 saturated carbocycles. The fraction of sp³-hybridized carbons (Fsp3) is 0.286. The molecular formula is C14H14ClN5O3. The third kappa shape index (κ3) is 3.66. The second-order valence-electron chi connectivity index (χ2n) is 4.91. The first-order chi connectivity index (χ1) is 11.1. The molecule has 1 aliphatic rings. The highest BCUT2D eigenvalue weighted by molar-refractivity contribution is 6.31. The lowest BCUT2D eigenvalue weighted by Crippen LogP contribution is -2.37. The van der Waals surface area contributed by atoms with Gasteiger partial charge >= 0.3 is 0 Å². The predicted octanol–water partition coefficient (Wildman–Crippen LogP) is 2.62. The van der Waals surface area contributed by atoms with Gasteiger partial charge in [-0.15, -0.1) is 0 Å². The van der Waals surface area contributed by atoms with E-state index in [-0.39, 0.29) is 5.69 Å². The van der Waals surface area contributed by atoms with E-state index in [0.717, 1.165) is 13.1 Å². The molecule has 3 rings (SSSR count). The van der Waals surface area contributed by atoms with Crippen LogP contribution in [0.2, 0.25) is 5.02 Å². The molecule has 0 aliphatic carbocycles. The maximum Gasteiger partial charge on any atom is 0.292 e. The van der Waals surface area contributed by atoms with Crippen LogP contribution in [-0.2, 0) is 4.74 Å². The zero-order valence-corrected chi connectivity index (χ0v) is 12.9. The van der Waals surface area contributed by atoms with Crippen molar-refractivity contribution in [2.75, 3.05) is 36.5 Å². The molecule has 9 heteroatoms. The number of nitrogens with one attached hydrogen (secondary N) is 1. The summed E-state index contributed by atoms with van der Waals surface area (Å²) in [4.78, 5) is 21.2. The Labute approximate surface area is 137 Å². The molecule has 120 valence electrons. The Hall–Kier alpha value is -2.45. The van der Waals surface area contributed by atoms with Crippen molar-refractivity contribution in [3.63, 3.8) is 0 Å². The Morgan fingerprint density at radius 1 is 1.26 bits per heavy atom. The van der Waals surface area contributed by atoms with Crippen LogP contribution in [0.3, 0.4) is 0 Å². The first kappa shape index (κ1) is 15.4. The fourth-order valence-corrected chi connectivity index (χ4v) is 2.41. The second-order valence-corrected chi connectivity index (χ2v) is 5.35. The number of halogens is 1. The Morgan fingerprint density at radius 2 is 1.96 bits per heavy atom. The minimum atomic E-state index is -0.471. The molecule has 23 heavy (non-hydrogen) atoms. The summed E-state index contributed by atoms with van der Waals surface area (Å²) < 4.78 is 5.28. The average Bonchev–Trinajstić information content (AvgIpc) is 2.56. The van der Waals surface area contributed by atoms with Gasteiger partial charge in [0.2, 0.25) is 5.95 Å². The number of anilines is 3. The molecule has 1 saturated heterocycles. The van der Waals surface area contributed by atoms with Crippen LogP contribution in [0.5, 0.6) is 0 Å². The topological polar surface area (TPSA) is 93.4 Å². The average molecular weight is 336 g/mol. The summed E-state index contributed by atoms with van der Waals surface area (Å²) in [5, 5.41) is 14.4. The molecule has 1 aliphatic heterocycles. The summed E-state index contributed by atoms with van der Waals surface area (Å²) >= 11 is 5.90. The number of hydrogen-bond acceptors (Lipinski definition) is 7. The van der Waals surface area contributed by atoms with Gasteiger partial charge in [0, 0.05) is 24.2 Å². The molecule has 1 fully saturated rings. The van der Waals surface area contributed by atoms with Crippen molar-refractivity contribution in [3.8, 4) is 0 Å². The van der Waals surface area contributed by atoms with Gasteiger partial charge in [0.1, 0.15) is 5.69 Å². The first-order valence-corrected chi connectivity index (χ1v) is 7.37. The van der Waals surface area contributed by atoms with Crippen molar-refractivity contribution in [3.05, 3.63) is 45.7 Å². The second kappa shape index (κ2) is 6.76. The molecule has 0 bridgehead atoms. The maximum absolute atomic E-state index is 11.1. The van der Waals surface area contributed by atoms with Crippen LogP contribution in [0.1, 0.15) is 0 Å². The van der Waals surface area contributed by atoms with E-state index < -0.39 is 4.92 Å². The zero-order valence-electron chi connectivity index (χ0n) is 12.1. The van der Waals surface area contributed by atoms with Crippen LogP contribution >= 0.6 is 11.6 Å². The molecule has 1 aromatic carbocycles. The largest absolute Gasteiger partial charge is 0.378 e. The summed E-state index contributed by atoms with van der Waals surface area (Å²) in [5.41, 5.74) is 0.782. The van der Waals surface area contributed by atoms with Crippen LogP contribution < -0.4 is 10.2 Å². The molecule has 2 heterocycles. The summed E-state index contributed by atoms with van der Waals surface area (Å²) in [6.45, 7) is 2.79. The molecule has 0 amide bonds. The number of ether oxygens (including phenoxy) is 1. The van der Waals surface area contributed by atoms with Crippen molar-refractivity contribution in [2.24, 2.45) is 0 Å². The van der Waals surface area contributed by atoms with Crippen LogP contribution in [-0.4, -0.2) is 41.2 Å². The summed E-state index contributed by atoms with van der Waals surface area (Å²) in [6.07, 6.45) is 3.17. The SMILES string of the molecule is O=[N+]([O-])c1ccc(Cl)cc1Nc1cnc(N2CCOCC2)nc1. The van der Waals surface area contributed by atoms with Gasteiger partial charge < -0.3 is 15.0 Å². The van der Waals surface area contributed by atoms with Crippen LogP contribution in [0, 0.1) is 10.1 Å². The number of benzene rings is 1. The molecular weight excluding hydrogens is 322 g/mol. The predicted molar refractivity (Wildman–Crippen MR) is 86.5 cm³/mol. The van der Waals surface area contributed by atoms with Crippen molar-refractivity contribution in [1.29, 1.82) is 0 Å². The molecule has 0 unspecified atom stereocenters. The minimum Gasteiger partial charge on any atom is -0.378 e. The molecule has 0 atom stereocenters. The van der Waals surface area contributed by atoms with E-state index in [1.165, 1.54) is 18.2 Å². The van der Waals surface area contributed by atoms with Gasteiger partial charge in [-0.3, -0.25) is 10.1 Å². The van der Waals surface area contributed by atoms with Gasteiger partial charge in [0.05, 0.1) is 36.2 Å². The van der Waals surface area contributed by atoms with E-state index in [2.05, 4.69) is 15.3 Å². The van der Waals surface area contributed by atoms with E-state index >= 15 is 0 Å². The highest BCUT2D eigenvalue weighted by Gasteiger charge is 2.16. The molecule has 1 aromatic heterocycles. The first-order valence-electron chi connectivity index (χ1n) is 6.99. The van der Waals surface area contributed by atoms with Gasteiger partial charge in [-0.05, 0) is 12.1 Å². The molecule has 2 aromatic rings. The number of rotatable bonds is 4. The maximum atomic E-state index is 11.1. The van der Waals surface area contributed by atoms with E-state index in [1.54, 1.807) is 12.4 Å². The summed E-state index contributed by atoms with van der Waals surface area (Å²) in [5.74, 6) is 0.611. The van der Waals surface area contributed by atoms with Gasteiger partial charge in [-0.1, -0.05) is 11.6 Å². The van der Waals surface area contributed by atoms with Crippen LogP contribution in [0.15, 0.2) is 30.6 Å². The van der Waals surface area contributed by atoms with E-state index in [4.69, 9.17) is 16.3 Å². The number of nitro groups is 1. The quantitative estimate of drug-likeness (QED) is 0.678. The zero-order chi connectivity index (χ0) is 16.2. The Balaban J connectivity index is 1.78. The fourth-order valence-electron chi connectivity index (χ4n) is 2.24. The van der Waals surface area contributed by atoms with E-state index in [9.17, 15) is 10.1 Å². The molecule has 0 spiro atoms. The van der Waals surface area contributed by atoms with Crippen molar-refractivity contribution in [2.45, 2.75) is 0 Å². The lowest BCUT2D eigenvalue weighted by atomic mass is 10.2. The normalized spacial score (nSPS) is 14.6. The Morgan fingerprint density at radius 3 is 2.61 bits per heavy atom. The number of nitrogens with zero attached hydrogens (tertiary/aromatic N) is 4. The molecule has 1 N–H and O–H groups in total. The summed E-state index contributed by atoms with van der Waals surface area (Å²) in [6, 6.07) is 4.33. The van der Waals surface area contributed by atoms with Crippen LogP contribution in [0.4, 0.5) is 23.0 Å². The highest BCUT2D eigenvalue weighted by atomic mass is 35.5. The number of aromatic nitrogens is 2. The number of nitro benzene ring substituents is 1. The number of morpholine rings is 1. The lowest BCUT2D eigenvalue weighted by Gasteiger charge is -2.26. The highest BCUT2D eigenvalue weighted by Crippen LogP contribution is 2.30. The van der Waals surface area contributed by atoms with Gasteiger partial charge in [-0.2, -0.15) is 0 Å². The van der Waals surface area contributed by atoms with Crippen LogP contribution in [0.25, 0.3) is 0 Å². The van der Waals surface area contributed by atoms with Crippen molar-refractivity contribution >= 4 is 34.6 Å². The van der Waals surface area contributed by atoms with Gasteiger partial charge in [-0.25, -0.2) is 9.97 Å². The molecule has 8 nitrogen and oxygen atoms in total. The Bertz CT molecular complexity index is 704. The van der Waals surface area contributed by atoms with E-state index in [1.807, 2.05) is 4.90 Å². The van der Waals surface area contributed by atoms with E-state index in [0.29, 0.717) is 35.6 Å². The third-order valence-corrected chi connectivity index (χ3v) is 3.60. The smallest absolute Gasteiger partial charge is 0.292 e. The number of hydrogen-bond donors (Lipinski definition) is 1.